The van der Waals surface area contributed by atoms with Crippen LogP contribution >= 0.6 is 11.6 Å². The summed E-state index contributed by atoms with van der Waals surface area (Å²) in [5.74, 6) is -4.05. The Morgan fingerprint density at radius 1 is 0.886 bits per heavy atom. The fourth-order valence-electron chi connectivity index (χ4n) is 4.71. The predicted molar refractivity (Wildman–Crippen MR) is 153 cm³/mol. The predicted octanol–water partition coefficient (Wildman–Crippen LogP) is 4.93. The molecule has 0 radical (unpaired) electrons. The number of halogens is 4. The van der Waals surface area contributed by atoms with Gasteiger partial charge in [0, 0.05) is 6.54 Å². The third-order valence-corrected chi connectivity index (χ3v) is 7.03. The van der Waals surface area contributed by atoms with Gasteiger partial charge in [0.2, 0.25) is 0 Å². The van der Waals surface area contributed by atoms with Crippen molar-refractivity contribution in [2.45, 2.75) is 56.8 Å². The molecule has 1 heterocycles. The van der Waals surface area contributed by atoms with Gasteiger partial charge in [0.1, 0.15) is 12.0 Å². The second-order valence-electron chi connectivity index (χ2n) is 9.93. The molecule has 0 aromatic heterocycles. The van der Waals surface area contributed by atoms with Crippen LogP contribution in [0.25, 0.3) is 10.8 Å². The van der Waals surface area contributed by atoms with E-state index in [0.717, 1.165) is 16.3 Å². The number of hydrogen-bond acceptors (Lipinski definition) is 8. The van der Waals surface area contributed by atoms with Crippen LogP contribution in [0.4, 0.5) is 13.2 Å². The van der Waals surface area contributed by atoms with Gasteiger partial charge in [-0.2, -0.15) is 13.2 Å². The van der Waals surface area contributed by atoms with Gasteiger partial charge in [0.05, 0.1) is 24.9 Å². The zero-order valence-corrected chi connectivity index (χ0v) is 24.4. The molecule has 1 fully saturated rings. The second kappa shape index (κ2) is 15.3. The maximum atomic E-state index is 13.0. The minimum Gasteiger partial charge on any atom is -0.454 e. The first kappa shape index (κ1) is 33.2. The molecule has 1 aliphatic heterocycles. The van der Waals surface area contributed by atoms with Gasteiger partial charge in [-0.25, -0.2) is 4.79 Å². The van der Waals surface area contributed by atoms with Crippen LogP contribution in [-0.2, 0) is 39.9 Å². The molecule has 1 N–H and O–H groups in total. The fourth-order valence-corrected chi connectivity index (χ4v) is 4.77. The molecule has 0 unspecified atom stereocenters. The standard InChI is InChI=1S/C31H31ClF3NO8/c1-19-25(44-28(38)21-10-3-2-4-11-21)26(43-24(37)17-32)27(29(42-19)40-16-8-15-36-30(39)31(33,34)35)41-18-22-13-7-12-20-9-5-6-14-23(20)22/h2-7,9-14,19,25-27,29H,8,15-18H2,1H3,(H,36,39)/t19-,25+,26+,27-,29+/m0/s1. The van der Waals surface area contributed by atoms with E-state index in [2.05, 4.69) is 0 Å². The lowest BCUT2D eigenvalue weighted by atomic mass is 9.98. The average Bonchev–Trinajstić information content (AvgIpc) is 3.01. The molecule has 44 heavy (non-hydrogen) atoms. The highest BCUT2D eigenvalue weighted by Crippen LogP contribution is 2.31. The monoisotopic (exact) mass is 637 g/mol. The number of amides is 1. The van der Waals surface area contributed by atoms with Crippen LogP contribution in [-0.4, -0.2) is 73.8 Å². The van der Waals surface area contributed by atoms with Crippen molar-refractivity contribution in [3.05, 3.63) is 83.9 Å². The molecule has 1 aliphatic rings. The van der Waals surface area contributed by atoms with Gasteiger partial charge >= 0.3 is 24.0 Å². The molecule has 0 aliphatic carbocycles. The van der Waals surface area contributed by atoms with Crippen molar-refractivity contribution in [2.24, 2.45) is 0 Å². The Hall–Kier alpha value is -3.71. The van der Waals surface area contributed by atoms with E-state index in [-0.39, 0.29) is 31.7 Å². The number of fused-ring (bicyclic) bond motifs is 1. The molecule has 236 valence electrons. The largest absolute Gasteiger partial charge is 0.471 e. The topological polar surface area (TPSA) is 109 Å². The number of nitrogens with one attached hydrogen (secondary N) is 1. The number of hydrogen-bond donors (Lipinski definition) is 1. The third kappa shape index (κ3) is 8.69. The molecular weight excluding hydrogens is 607 g/mol. The van der Waals surface area contributed by atoms with Gasteiger partial charge in [-0.05, 0) is 41.8 Å². The van der Waals surface area contributed by atoms with Gasteiger partial charge in [-0.15, -0.1) is 11.6 Å². The van der Waals surface area contributed by atoms with Gasteiger partial charge in [0.15, 0.2) is 18.5 Å². The van der Waals surface area contributed by atoms with Crippen molar-refractivity contribution in [2.75, 3.05) is 19.0 Å². The van der Waals surface area contributed by atoms with Crippen LogP contribution < -0.4 is 5.32 Å². The molecular formula is C31H31ClF3NO8. The molecule has 13 heteroatoms. The smallest absolute Gasteiger partial charge is 0.454 e. The van der Waals surface area contributed by atoms with E-state index in [1.54, 1.807) is 42.6 Å². The van der Waals surface area contributed by atoms with Crippen LogP contribution in [0.5, 0.6) is 0 Å². The summed E-state index contributed by atoms with van der Waals surface area (Å²) in [6, 6.07) is 21.5. The first-order valence-corrected chi connectivity index (χ1v) is 14.3. The summed E-state index contributed by atoms with van der Waals surface area (Å²) in [6.45, 7) is 1.14. The number of rotatable bonds is 12. The van der Waals surface area contributed by atoms with E-state index in [1.807, 2.05) is 42.5 Å². The van der Waals surface area contributed by atoms with Gasteiger partial charge in [0.25, 0.3) is 0 Å². The molecule has 1 amide bonds. The van der Waals surface area contributed by atoms with Crippen LogP contribution in [0.1, 0.15) is 29.3 Å². The lowest BCUT2D eigenvalue weighted by molar-refractivity contribution is -0.305. The first-order valence-electron chi connectivity index (χ1n) is 13.8. The van der Waals surface area contributed by atoms with Crippen molar-refractivity contribution in [1.82, 2.24) is 5.32 Å². The van der Waals surface area contributed by atoms with Crippen LogP contribution in [0.3, 0.4) is 0 Å². The van der Waals surface area contributed by atoms with E-state index in [9.17, 15) is 27.6 Å². The highest BCUT2D eigenvalue weighted by molar-refractivity contribution is 6.26. The summed E-state index contributed by atoms with van der Waals surface area (Å²) in [5.41, 5.74) is 1.06. The first-order chi connectivity index (χ1) is 21.1. The van der Waals surface area contributed by atoms with Crippen molar-refractivity contribution >= 4 is 40.2 Å². The van der Waals surface area contributed by atoms with E-state index in [4.69, 9.17) is 35.3 Å². The Labute approximate surface area is 256 Å². The van der Waals surface area contributed by atoms with E-state index in [0.29, 0.717) is 0 Å². The lowest BCUT2D eigenvalue weighted by Crippen LogP contribution is -2.61. The van der Waals surface area contributed by atoms with Gasteiger partial charge in [-0.1, -0.05) is 60.7 Å². The highest BCUT2D eigenvalue weighted by Gasteiger charge is 2.50. The summed E-state index contributed by atoms with van der Waals surface area (Å²) in [5, 5.41) is 3.66. The number of benzene rings is 3. The quantitative estimate of drug-likeness (QED) is 0.169. The molecule has 9 nitrogen and oxygen atoms in total. The van der Waals surface area contributed by atoms with E-state index in [1.165, 1.54) is 0 Å². The van der Waals surface area contributed by atoms with Gasteiger partial charge in [-0.3, -0.25) is 9.59 Å². The average molecular weight is 638 g/mol. The van der Waals surface area contributed by atoms with Gasteiger partial charge < -0.3 is 29.0 Å². The Morgan fingerprint density at radius 2 is 1.59 bits per heavy atom. The number of ether oxygens (including phenoxy) is 5. The van der Waals surface area contributed by atoms with Crippen molar-refractivity contribution in [3.8, 4) is 0 Å². The highest BCUT2D eigenvalue weighted by atomic mass is 35.5. The SMILES string of the molecule is C[C@@H]1O[C@@H](OCCCNC(=O)C(F)(F)F)[C@@H](OCc2cccc3ccccc23)[C@H](OC(=O)CCl)[C@@H]1OC(=O)c1ccccc1. The minimum absolute atomic E-state index is 0.00462. The van der Waals surface area contributed by atoms with Crippen molar-refractivity contribution in [3.63, 3.8) is 0 Å². The number of carbonyl (C=O) groups is 3. The van der Waals surface area contributed by atoms with E-state index < -0.39 is 60.6 Å². The Morgan fingerprint density at radius 3 is 2.32 bits per heavy atom. The number of carbonyl (C=O) groups excluding carboxylic acids is 3. The second-order valence-corrected chi connectivity index (χ2v) is 10.2. The molecule has 3 aromatic rings. The molecule has 0 bridgehead atoms. The normalized spacial score (nSPS) is 21.9. The number of alkyl halides is 4. The summed E-state index contributed by atoms with van der Waals surface area (Å²) < 4.78 is 67.1. The van der Waals surface area contributed by atoms with Crippen LogP contribution in [0.2, 0.25) is 0 Å². The zero-order chi connectivity index (χ0) is 31.7. The molecule has 1 saturated heterocycles. The summed E-state index contributed by atoms with van der Waals surface area (Å²) >= 11 is 5.76. The Kier molecular flexibility index (Phi) is 11.6. The third-order valence-electron chi connectivity index (χ3n) is 6.81. The van der Waals surface area contributed by atoms with Crippen LogP contribution in [0, 0.1) is 0 Å². The number of esters is 2. The molecule has 4 rings (SSSR count). The lowest BCUT2D eigenvalue weighted by Gasteiger charge is -2.44. The van der Waals surface area contributed by atoms with E-state index >= 15 is 0 Å². The maximum absolute atomic E-state index is 13.0. The summed E-state index contributed by atoms with van der Waals surface area (Å²) in [7, 11) is 0. The van der Waals surface area contributed by atoms with Crippen LogP contribution in [0.15, 0.2) is 72.8 Å². The molecule has 0 saturated carbocycles. The molecule has 5 atom stereocenters. The molecule has 3 aromatic carbocycles. The van der Waals surface area contributed by atoms with Crippen molar-refractivity contribution in [1.29, 1.82) is 0 Å². The zero-order valence-electron chi connectivity index (χ0n) is 23.6. The Balaban J connectivity index is 1.56. The summed E-state index contributed by atoms with van der Waals surface area (Å²) in [4.78, 5) is 36.6. The fraction of sp³-hybridized carbons (Fsp3) is 0.387. The van der Waals surface area contributed by atoms with Crippen molar-refractivity contribution < 1.29 is 51.2 Å². The summed E-state index contributed by atoms with van der Waals surface area (Å²) in [6.07, 6.45) is -10.6. The minimum atomic E-state index is -5.00. The maximum Gasteiger partial charge on any atom is 0.471 e. The Bertz CT molecular complexity index is 1420. The molecule has 0 spiro atoms.